The zero-order valence-corrected chi connectivity index (χ0v) is 15.9. The van der Waals surface area contributed by atoms with Crippen LogP contribution in [0.2, 0.25) is 0 Å². The molecule has 0 aromatic rings. The Labute approximate surface area is 150 Å². The summed E-state index contributed by atoms with van der Waals surface area (Å²) in [4.78, 5) is 34.5. The van der Waals surface area contributed by atoms with Crippen LogP contribution in [0.1, 0.15) is 58.3 Å². The average molecular weight is 356 g/mol. The highest BCUT2D eigenvalue weighted by atomic mass is 16.5. The molecule has 0 aliphatic rings. The van der Waals surface area contributed by atoms with Gasteiger partial charge in [-0.2, -0.15) is 0 Å². The predicted molar refractivity (Wildman–Crippen MR) is 94.8 cm³/mol. The molecule has 6 heteroatoms. The summed E-state index contributed by atoms with van der Waals surface area (Å²) >= 11 is 0. The molecule has 2 atom stereocenters. The number of hydrogen-bond acceptors (Lipinski definition) is 6. The summed E-state index contributed by atoms with van der Waals surface area (Å²) in [6, 6.07) is 0. The molecular weight excluding hydrogens is 324 g/mol. The summed E-state index contributed by atoms with van der Waals surface area (Å²) in [6.45, 7) is 1.98. The minimum absolute atomic E-state index is 0.0273. The normalized spacial score (nSPS) is 13.3. The molecule has 0 aliphatic heterocycles. The van der Waals surface area contributed by atoms with Crippen LogP contribution in [0.4, 0.5) is 0 Å². The van der Waals surface area contributed by atoms with E-state index in [0.29, 0.717) is 6.42 Å². The Hall–Kier alpha value is -1.85. The first-order valence-electron chi connectivity index (χ1n) is 8.88. The number of rotatable bonds is 13. The van der Waals surface area contributed by atoms with Crippen LogP contribution in [0.25, 0.3) is 0 Å². The third kappa shape index (κ3) is 10.6. The maximum Gasteiger partial charge on any atom is 0.309 e. The summed E-state index contributed by atoms with van der Waals surface area (Å²) in [5.41, 5.74) is 0. The third-order valence-corrected chi connectivity index (χ3v) is 4.22. The molecular formula is C19H32O6. The van der Waals surface area contributed by atoms with Crippen LogP contribution in [-0.2, 0) is 28.6 Å². The SMILES string of the molecule is CCC(/C=C/CCCCCCC(=O)OC)C(CC(=O)OC)C(=O)OC. The standard InChI is InChI=1S/C19H32O6/c1-5-15(16(19(22)25-4)14-18(21)24-3)12-10-8-6-7-9-11-13-17(20)23-2/h10,12,15-16H,5-9,11,13-14H2,1-4H3/b12-10+. The van der Waals surface area contributed by atoms with Gasteiger partial charge in [-0.05, 0) is 31.6 Å². The second-order valence-electron chi connectivity index (χ2n) is 5.94. The molecule has 0 rings (SSSR count). The summed E-state index contributed by atoms with van der Waals surface area (Å²) in [6.07, 6.45) is 10.1. The van der Waals surface area contributed by atoms with Crippen LogP contribution in [0, 0.1) is 11.8 Å². The number of methoxy groups -OCH3 is 3. The monoisotopic (exact) mass is 356 g/mol. The van der Waals surface area contributed by atoms with Crippen LogP contribution in [0.15, 0.2) is 12.2 Å². The number of esters is 3. The molecule has 25 heavy (non-hydrogen) atoms. The van der Waals surface area contributed by atoms with Crippen molar-refractivity contribution in [3.63, 3.8) is 0 Å². The van der Waals surface area contributed by atoms with Gasteiger partial charge in [0.05, 0.1) is 33.7 Å². The van der Waals surface area contributed by atoms with Gasteiger partial charge in [0.25, 0.3) is 0 Å². The Balaban J connectivity index is 4.29. The van der Waals surface area contributed by atoms with Crippen molar-refractivity contribution in [2.24, 2.45) is 11.8 Å². The van der Waals surface area contributed by atoms with Crippen LogP contribution in [-0.4, -0.2) is 39.2 Å². The molecule has 0 heterocycles. The van der Waals surface area contributed by atoms with Gasteiger partial charge in [-0.25, -0.2) is 0 Å². The van der Waals surface area contributed by atoms with Crippen molar-refractivity contribution in [3.05, 3.63) is 12.2 Å². The summed E-state index contributed by atoms with van der Waals surface area (Å²) in [5, 5.41) is 0. The molecule has 0 bridgehead atoms. The maximum atomic E-state index is 11.9. The first-order chi connectivity index (χ1) is 12.0. The topological polar surface area (TPSA) is 78.9 Å². The number of carbonyl (C=O) groups excluding carboxylic acids is 3. The van der Waals surface area contributed by atoms with Crippen LogP contribution >= 0.6 is 0 Å². The molecule has 0 saturated carbocycles. The predicted octanol–water partition coefficient (Wildman–Crippen LogP) is 3.43. The van der Waals surface area contributed by atoms with Gasteiger partial charge in [0.2, 0.25) is 0 Å². The van der Waals surface area contributed by atoms with E-state index in [2.05, 4.69) is 15.5 Å². The smallest absolute Gasteiger partial charge is 0.309 e. The van der Waals surface area contributed by atoms with Crippen LogP contribution < -0.4 is 0 Å². The maximum absolute atomic E-state index is 11.9. The van der Waals surface area contributed by atoms with E-state index in [9.17, 15) is 14.4 Å². The van der Waals surface area contributed by atoms with Crippen molar-refractivity contribution in [3.8, 4) is 0 Å². The highest BCUT2D eigenvalue weighted by Crippen LogP contribution is 2.23. The average Bonchev–Trinajstić information content (AvgIpc) is 2.64. The van der Waals surface area contributed by atoms with E-state index < -0.39 is 11.9 Å². The fourth-order valence-electron chi connectivity index (χ4n) is 2.64. The molecule has 0 fully saturated rings. The quantitative estimate of drug-likeness (QED) is 0.218. The van der Waals surface area contributed by atoms with E-state index in [1.807, 2.05) is 13.0 Å². The Kier molecular flexibility index (Phi) is 13.4. The third-order valence-electron chi connectivity index (χ3n) is 4.22. The van der Waals surface area contributed by atoms with Crippen molar-refractivity contribution in [1.82, 2.24) is 0 Å². The van der Waals surface area contributed by atoms with Gasteiger partial charge in [-0.15, -0.1) is 0 Å². The first kappa shape index (κ1) is 23.1. The largest absolute Gasteiger partial charge is 0.469 e. The number of hydrogen-bond donors (Lipinski definition) is 0. The zero-order chi connectivity index (χ0) is 19.1. The molecule has 6 nitrogen and oxygen atoms in total. The Morgan fingerprint density at radius 3 is 2.08 bits per heavy atom. The van der Waals surface area contributed by atoms with Crippen LogP contribution in [0.3, 0.4) is 0 Å². The number of ether oxygens (including phenoxy) is 3. The molecule has 2 unspecified atom stereocenters. The highest BCUT2D eigenvalue weighted by Gasteiger charge is 2.29. The van der Waals surface area contributed by atoms with Gasteiger partial charge < -0.3 is 14.2 Å². The number of allylic oxidation sites excluding steroid dienone is 2. The highest BCUT2D eigenvalue weighted by molar-refractivity contribution is 5.80. The molecule has 0 aliphatic carbocycles. The number of unbranched alkanes of at least 4 members (excludes halogenated alkanes) is 4. The molecule has 0 N–H and O–H groups in total. The molecule has 144 valence electrons. The molecule has 0 aromatic heterocycles. The van der Waals surface area contributed by atoms with Crippen molar-refractivity contribution in [2.75, 3.05) is 21.3 Å². The molecule has 0 aromatic carbocycles. The first-order valence-corrected chi connectivity index (χ1v) is 8.88. The Morgan fingerprint density at radius 1 is 0.880 bits per heavy atom. The molecule has 0 spiro atoms. The summed E-state index contributed by atoms with van der Waals surface area (Å²) < 4.78 is 14.1. The molecule has 0 amide bonds. The van der Waals surface area contributed by atoms with Gasteiger partial charge in [0.1, 0.15) is 0 Å². The summed E-state index contributed by atoms with van der Waals surface area (Å²) in [7, 11) is 4.05. The lowest BCUT2D eigenvalue weighted by atomic mass is 9.86. The van der Waals surface area contributed by atoms with Crippen molar-refractivity contribution < 1.29 is 28.6 Å². The van der Waals surface area contributed by atoms with E-state index in [1.165, 1.54) is 21.3 Å². The minimum Gasteiger partial charge on any atom is -0.469 e. The Morgan fingerprint density at radius 2 is 1.52 bits per heavy atom. The fraction of sp³-hybridized carbons (Fsp3) is 0.737. The van der Waals surface area contributed by atoms with E-state index in [0.717, 1.165) is 38.5 Å². The van der Waals surface area contributed by atoms with Gasteiger partial charge in [-0.3, -0.25) is 14.4 Å². The van der Waals surface area contributed by atoms with Crippen LogP contribution in [0.5, 0.6) is 0 Å². The molecule has 0 radical (unpaired) electrons. The second kappa shape index (κ2) is 14.5. The van der Waals surface area contributed by atoms with Gasteiger partial charge >= 0.3 is 17.9 Å². The lowest BCUT2D eigenvalue weighted by Gasteiger charge is -2.20. The van der Waals surface area contributed by atoms with E-state index in [1.54, 1.807) is 0 Å². The van der Waals surface area contributed by atoms with Crippen molar-refractivity contribution >= 4 is 17.9 Å². The van der Waals surface area contributed by atoms with E-state index >= 15 is 0 Å². The fourth-order valence-corrected chi connectivity index (χ4v) is 2.64. The number of carbonyl (C=O) groups is 3. The zero-order valence-electron chi connectivity index (χ0n) is 15.9. The minimum atomic E-state index is -0.515. The Bertz CT molecular complexity index is 430. The van der Waals surface area contributed by atoms with Crippen molar-refractivity contribution in [2.45, 2.75) is 58.3 Å². The molecule has 0 saturated heterocycles. The van der Waals surface area contributed by atoms with E-state index in [4.69, 9.17) is 4.74 Å². The van der Waals surface area contributed by atoms with Gasteiger partial charge in [0.15, 0.2) is 0 Å². The lowest BCUT2D eigenvalue weighted by molar-refractivity contribution is -0.153. The van der Waals surface area contributed by atoms with E-state index in [-0.39, 0.29) is 24.3 Å². The van der Waals surface area contributed by atoms with Gasteiger partial charge in [-0.1, -0.05) is 31.9 Å². The van der Waals surface area contributed by atoms with Crippen molar-refractivity contribution in [1.29, 1.82) is 0 Å². The lowest BCUT2D eigenvalue weighted by Crippen LogP contribution is -2.27. The van der Waals surface area contributed by atoms with Gasteiger partial charge in [0, 0.05) is 6.42 Å². The second-order valence-corrected chi connectivity index (χ2v) is 5.94. The summed E-state index contributed by atoms with van der Waals surface area (Å²) in [5.74, 6) is -1.52.